The van der Waals surface area contributed by atoms with Crippen molar-refractivity contribution in [2.75, 3.05) is 7.11 Å². The molecule has 1 aromatic rings. The van der Waals surface area contributed by atoms with Gasteiger partial charge in [-0.2, -0.15) is 0 Å². The van der Waals surface area contributed by atoms with E-state index in [2.05, 4.69) is 0 Å². The Morgan fingerprint density at radius 2 is 2.05 bits per heavy atom. The van der Waals surface area contributed by atoms with Crippen LogP contribution in [-0.4, -0.2) is 23.9 Å². The van der Waals surface area contributed by atoms with Crippen LogP contribution in [-0.2, 0) is 11.2 Å². The summed E-state index contributed by atoms with van der Waals surface area (Å²) in [5.74, 6) is -0.440. The summed E-state index contributed by atoms with van der Waals surface area (Å²) in [6, 6.07) is 4.88. The van der Waals surface area contributed by atoms with Crippen LogP contribution in [0.3, 0.4) is 0 Å². The Morgan fingerprint density at radius 3 is 2.68 bits per heavy atom. The molecule has 4 heteroatoms. The third-order valence-electron chi connectivity index (χ3n) is 4.16. The highest BCUT2D eigenvalue weighted by atomic mass is 35.5. The van der Waals surface area contributed by atoms with Crippen LogP contribution in [0.4, 0.5) is 4.39 Å². The molecule has 1 unspecified atom stereocenters. The van der Waals surface area contributed by atoms with Gasteiger partial charge in [0.15, 0.2) is 0 Å². The van der Waals surface area contributed by atoms with Crippen molar-refractivity contribution in [2.45, 2.75) is 50.2 Å². The van der Waals surface area contributed by atoms with Crippen LogP contribution in [0, 0.1) is 5.82 Å². The van der Waals surface area contributed by atoms with Crippen molar-refractivity contribution in [3.63, 3.8) is 0 Å². The summed E-state index contributed by atoms with van der Waals surface area (Å²) in [6.07, 6.45) is 4.44. The van der Waals surface area contributed by atoms with Gasteiger partial charge >= 0.3 is 0 Å². The Bertz CT molecular complexity index is 430. The molecule has 2 nitrogen and oxygen atoms in total. The van der Waals surface area contributed by atoms with Gasteiger partial charge in [0.1, 0.15) is 5.82 Å². The second kappa shape index (κ2) is 6.21. The molecule has 0 aliphatic heterocycles. The molecule has 0 heterocycles. The molecule has 1 fully saturated rings. The Labute approximate surface area is 118 Å². The van der Waals surface area contributed by atoms with E-state index in [1.54, 1.807) is 19.2 Å². The smallest absolute Gasteiger partial charge is 0.145 e. The average molecular weight is 287 g/mol. The van der Waals surface area contributed by atoms with Crippen LogP contribution in [0.2, 0.25) is 5.02 Å². The molecule has 1 aliphatic carbocycles. The first-order valence-electron chi connectivity index (χ1n) is 6.75. The van der Waals surface area contributed by atoms with Gasteiger partial charge in [0, 0.05) is 13.5 Å². The van der Waals surface area contributed by atoms with Crippen molar-refractivity contribution in [2.24, 2.45) is 0 Å². The van der Waals surface area contributed by atoms with Gasteiger partial charge in [-0.25, -0.2) is 4.39 Å². The lowest BCUT2D eigenvalue weighted by Crippen LogP contribution is -2.47. The standard InChI is InChI=1S/C15H20ClFO2/c1-19-15(8-3-2-4-9-15)13(18)10-11-6-5-7-12(16)14(11)17/h5-7,13,18H,2-4,8-10H2,1H3. The summed E-state index contributed by atoms with van der Waals surface area (Å²) in [4.78, 5) is 0. The Balaban J connectivity index is 2.15. The SMILES string of the molecule is COC1(C(O)Cc2cccc(Cl)c2F)CCCCC1. The molecule has 0 amide bonds. The van der Waals surface area contributed by atoms with E-state index in [9.17, 15) is 9.50 Å². The first-order chi connectivity index (χ1) is 9.09. The fourth-order valence-electron chi connectivity index (χ4n) is 2.92. The van der Waals surface area contributed by atoms with Gasteiger partial charge in [-0.15, -0.1) is 0 Å². The minimum atomic E-state index is -0.703. The predicted molar refractivity (Wildman–Crippen MR) is 73.9 cm³/mol. The van der Waals surface area contributed by atoms with E-state index in [0.29, 0.717) is 5.56 Å². The lowest BCUT2D eigenvalue weighted by Gasteiger charge is -2.40. The van der Waals surface area contributed by atoms with Crippen molar-refractivity contribution in [1.29, 1.82) is 0 Å². The molecule has 1 aromatic carbocycles. The topological polar surface area (TPSA) is 29.5 Å². The number of ether oxygens (including phenoxy) is 1. The molecule has 0 radical (unpaired) electrons. The fraction of sp³-hybridized carbons (Fsp3) is 0.600. The second-order valence-corrected chi connectivity index (χ2v) is 5.67. The van der Waals surface area contributed by atoms with Gasteiger partial charge in [0.25, 0.3) is 0 Å². The normalized spacial score (nSPS) is 20.2. The highest BCUT2D eigenvalue weighted by molar-refractivity contribution is 6.30. The zero-order valence-corrected chi connectivity index (χ0v) is 11.9. The molecular weight excluding hydrogens is 267 g/mol. The van der Waals surface area contributed by atoms with Gasteiger partial charge in [0.2, 0.25) is 0 Å². The molecule has 0 aromatic heterocycles. The lowest BCUT2D eigenvalue weighted by molar-refractivity contribution is -0.122. The van der Waals surface area contributed by atoms with Gasteiger partial charge in [-0.3, -0.25) is 0 Å². The van der Waals surface area contributed by atoms with Gasteiger partial charge in [-0.1, -0.05) is 43.0 Å². The number of benzene rings is 1. The first kappa shape index (κ1) is 14.8. The molecule has 1 aliphatic rings. The van der Waals surface area contributed by atoms with E-state index in [-0.39, 0.29) is 11.4 Å². The summed E-state index contributed by atoms with van der Waals surface area (Å²) in [5.41, 5.74) is -0.0884. The van der Waals surface area contributed by atoms with Crippen molar-refractivity contribution < 1.29 is 14.2 Å². The Kier molecular flexibility index (Phi) is 4.82. The Hall–Kier alpha value is -0.640. The van der Waals surface area contributed by atoms with Crippen LogP contribution in [0.15, 0.2) is 18.2 Å². The zero-order chi connectivity index (χ0) is 13.9. The molecule has 1 N–H and O–H groups in total. The maximum Gasteiger partial charge on any atom is 0.145 e. The highest BCUT2D eigenvalue weighted by Crippen LogP contribution is 2.35. The van der Waals surface area contributed by atoms with Crippen molar-refractivity contribution in [1.82, 2.24) is 0 Å². The fourth-order valence-corrected chi connectivity index (χ4v) is 3.12. The van der Waals surface area contributed by atoms with Crippen LogP contribution in [0.1, 0.15) is 37.7 Å². The molecule has 106 valence electrons. The summed E-state index contributed by atoms with van der Waals surface area (Å²) in [6.45, 7) is 0. The number of aliphatic hydroxyl groups is 1. The van der Waals surface area contributed by atoms with E-state index in [4.69, 9.17) is 16.3 Å². The number of hydrogen-bond donors (Lipinski definition) is 1. The minimum Gasteiger partial charge on any atom is -0.390 e. The predicted octanol–water partition coefficient (Wildman–Crippen LogP) is 3.73. The van der Waals surface area contributed by atoms with Crippen LogP contribution in [0.5, 0.6) is 0 Å². The molecular formula is C15H20ClFO2. The average Bonchev–Trinajstić information content (AvgIpc) is 2.44. The third kappa shape index (κ3) is 3.10. The van der Waals surface area contributed by atoms with Crippen molar-refractivity contribution in [3.8, 4) is 0 Å². The van der Waals surface area contributed by atoms with E-state index in [1.165, 1.54) is 12.5 Å². The summed E-state index contributed by atoms with van der Waals surface area (Å²) in [5, 5.41) is 10.6. The summed E-state index contributed by atoms with van der Waals surface area (Å²) < 4.78 is 19.5. The highest BCUT2D eigenvalue weighted by Gasteiger charge is 2.39. The summed E-state index contributed by atoms with van der Waals surface area (Å²) in [7, 11) is 1.63. The lowest BCUT2D eigenvalue weighted by atomic mass is 9.78. The van der Waals surface area contributed by atoms with Crippen LogP contribution in [0.25, 0.3) is 0 Å². The minimum absolute atomic E-state index is 0.0970. The van der Waals surface area contributed by atoms with Gasteiger partial charge in [0.05, 0.1) is 16.7 Å². The number of aliphatic hydroxyl groups excluding tert-OH is 1. The largest absolute Gasteiger partial charge is 0.390 e. The second-order valence-electron chi connectivity index (χ2n) is 5.26. The maximum atomic E-state index is 13.9. The first-order valence-corrected chi connectivity index (χ1v) is 7.13. The molecule has 2 rings (SSSR count). The van der Waals surface area contributed by atoms with E-state index < -0.39 is 17.5 Å². The maximum absolute atomic E-state index is 13.9. The molecule has 0 spiro atoms. The number of halogens is 2. The third-order valence-corrected chi connectivity index (χ3v) is 4.45. The molecule has 1 saturated carbocycles. The molecule has 0 saturated heterocycles. The summed E-state index contributed by atoms with van der Waals surface area (Å²) >= 11 is 5.76. The number of methoxy groups -OCH3 is 1. The molecule has 19 heavy (non-hydrogen) atoms. The van der Waals surface area contributed by atoms with Gasteiger partial charge < -0.3 is 9.84 Å². The van der Waals surface area contributed by atoms with Crippen LogP contribution < -0.4 is 0 Å². The quantitative estimate of drug-likeness (QED) is 0.914. The Morgan fingerprint density at radius 1 is 1.37 bits per heavy atom. The van der Waals surface area contributed by atoms with E-state index in [1.807, 2.05) is 0 Å². The zero-order valence-electron chi connectivity index (χ0n) is 11.2. The van der Waals surface area contributed by atoms with Crippen molar-refractivity contribution >= 4 is 11.6 Å². The monoisotopic (exact) mass is 286 g/mol. The van der Waals surface area contributed by atoms with Crippen LogP contribution >= 0.6 is 11.6 Å². The van der Waals surface area contributed by atoms with E-state index >= 15 is 0 Å². The number of rotatable bonds is 4. The van der Waals surface area contributed by atoms with E-state index in [0.717, 1.165) is 25.7 Å². The number of hydrogen-bond acceptors (Lipinski definition) is 2. The van der Waals surface area contributed by atoms with Crippen molar-refractivity contribution in [3.05, 3.63) is 34.6 Å². The molecule has 1 atom stereocenters. The van der Waals surface area contributed by atoms with Gasteiger partial charge in [-0.05, 0) is 24.5 Å². The molecule has 0 bridgehead atoms.